The number of ether oxygens (including phenoxy) is 1. The van der Waals surface area contributed by atoms with Crippen molar-refractivity contribution in [3.05, 3.63) is 41.5 Å². The van der Waals surface area contributed by atoms with Crippen molar-refractivity contribution in [2.24, 2.45) is 12.0 Å². The van der Waals surface area contributed by atoms with Gasteiger partial charge in [0, 0.05) is 51.6 Å². The van der Waals surface area contributed by atoms with Gasteiger partial charge in [-0.15, -0.1) is 10.2 Å². The van der Waals surface area contributed by atoms with E-state index in [0.717, 1.165) is 63.3 Å². The van der Waals surface area contributed by atoms with E-state index in [1.807, 2.05) is 25.5 Å². The second-order valence-corrected chi connectivity index (χ2v) is 7.78. The molecule has 1 aliphatic rings. The van der Waals surface area contributed by atoms with Gasteiger partial charge in [-0.2, -0.15) is 0 Å². The summed E-state index contributed by atoms with van der Waals surface area (Å²) in [6.07, 6.45) is 2.02. The molecule has 0 aliphatic carbocycles. The summed E-state index contributed by atoms with van der Waals surface area (Å²) in [6, 6.07) is 9.10. The number of nitrogens with one attached hydrogen (secondary N) is 2. The number of rotatable bonds is 9. The third-order valence-corrected chi connectivity index (χ3v) is 5.45. The number of anilines is 1. The first-order valence-corrected chi connectivity index (χ1v) is 10.9. The van der Waals surface area contributed by atoms with Crippen molar-refractivity contribution in [1.82, 2.24) is 25.4 Å². The molecule has 2 N–H and O–H groups in total. The van der Waals surface area contributed by atoms with Crippen LogP contribution in [0.25, 0.3) is 0 Å². The summed E-state index contributed by atoms with van der Waals surface area (Å²) in [4.78, 5) is 7.20. The van der Waals surface area contributed by atoms with E-state index >= 15 is 0 Å². The van der Waals surface area contributed by atoms with Gasteiger partial charge in [-0.05, 0) is 45.7 Å². The van der Waals surface area contributed by atoms with E-state index in [-0.39, 0.29) is 0 Å². The molecule has 2 aromatic rings. The fourth-order valence-electron chi connectivity index (χ4n) is 3.48. The number of hydrogen-bond acceptors (Lipinski definition) is 5. The Morgan fingerprint density at radius 3 is 2.73 bits per heavy atom. The van der Waals surface area contributed by atoms with Crippen molar-refractivity contribution >= 4 is 11.6 Å². The van der Waals surface area contributed by atoms with Gasteiger partial charge in [-0.1, -0.05) is 17.7 Å². The summed E-state index contributed by atoms with van der Waals surface area (Å²) in [5, 5.41) is 15.4. The van der Waals surface area contributed by atoms with Crippen LogP contribution in [0.1, 0.15) is 37.0 Å². The van der Waals surface area contributed by atoms with Crippen molar-refractivity contribution in [1.29, 1.82) is 0 Å². The fourth-order valence-corrected chi connectivity index (χ4v) is 3.48. The average molecular weight is 414 g/mol. The van der Waals surface area contributed by atoms with E-state index in [0.29, 0.717) is 12.6 Å². The Morgan fingerprint density at radius 1 is 1.23 bits per heavy atom. The molecule has 2 heterocycles. The number of nitrogens with zero attached hydrogens (tertiary/aromatic N) is 5. The van der Waals surface area contributed by atoms with Crippen LogP contribution in [0.5, 0.6) is 0 Å². The standard InChI is InChI=1S/C22H35N7O/c1-5-30-14-6-12-23-22(24-15-21-27-26-18(3)28(21)4)25-19-11-13-29(16-19)20-9-7-17(2)8-10-20/h7-10,19H,5-6,11-16H2,1-4H3,(H2,23,24,25). The molecular weight excluding hydrogens is 378 g/mol. The molecule has 0 saturated carbocycles. The molecule has 1 aliphatic heterocycles. The number of aliphatic imine (C=N–C) groups is 1. The Hall–Kier alpha value is -2.61. The predicted octanol–water partition coefficient (Wildman–Crippen LogP) is 2.17. The Kier molecular flexibility index (Phi) is 8.07. The lowest BCUT2D eigenvalue weighted by Gasteiger charge is -2.21. The molecule has 8 nitrogen and oxygen atoms in total. The smallest absolute Gasteiger partial charge is 0.191 e. The molecule has 0 spiro atoms. The highest BCUT2D eigenvalue weighted by atomic mass is 16.5. The maximum atomic E-state index is 5.44. The first-order chi connectivity index (χ1) is 14.6. The van der Waals surface area contributed by atoms with E-state index in [4.69, 9.17) is 9.73 Å². The molecule has 0 amide bonds. The van der Waals surface area contributed by atoms with E-state index < -0.39 is 0 Å². The van der Waals surface area contributed by atoms with Gasteiger partial charge >= 0.3 is 0 Å². The van der Waals surface area contributed by atoms with Crippen molar-refractivity contribution < 1.29 is 4.74 Å². The minimum absolute atomic E-state index is 0.352. The summed E-state index contributed by atoms with van der Waals surface area (Å²) in [7, 11) is 1.97. The molecule has 1 saturated heterocycles. The van der Waals surface area contributed by atoms with Gasteiger partial charge < -0.3 is 24.8 Å². The molecule has 1 aromatic heterocycles. The van der Waals surface area contributed by atoms with Crippen LogP contribution in [-0.2, 0) is 18.3 Å². The van der Waals surface area contributed by atoms with E-state index in [1.165, 1.54) is 11.3 Å². The Morgan fingerprint density at radius 2 is 2.03 bits per heavy atom. The Bertz CT molecular complexity index is 815. The molecule has 164 valence electrons. The van der Waals surface area contributed by atoms with Crippen LogP contribution in [0, 0.1) is 13.8 Å². The van der Waals surface area contributed by atoms with Crippen LogP contribution in [0.3, 0.4) is 0 Å². The Labute approximate surface area is 179 Å². The van der Waals surface area contributed by atoms with Crippen LogP contribution in [-0.4, -0.2) is 59.6 Å². The lowest BCUT2D eigenvalue weighted by Crippen LogP contribution is -2.45. The molecule has 1 unspecified atom stereocenters. The highest BCUT2D eigenvalue weighted by Gasteiger charge is 2.23. The monoisotopic (exact) mass is 413 g/mol. The van der Waals surface area contributed by atoms with E-state index in [2.05, 4.69) is 56.9 Å². The van der Waals surface area contributed by atoms with Crippen molar-refractivity contribution in [2.45, 2.75) is 46.2 Å². The van der Waals surface area contributed by atoms with Crippen molar-refractivity contribution in [3.63, 3.8) is 0 Å². The zero-order valence-corrected chi connectivity index (χ0v) is 18.7. The molecule has 30 heavy (non-hydrogen) atoms. The summed E-state index contributed by atoms with van der Waals surface area (Å²) in [5.41, 5.74) is 2.57. The normalized spacial score (nSPS) is 16.9. The second-order valence-electron chi connectivity index (χ2n) is 7.78. The highest BCUT2D eigenvalue weighted by Crippen LogP contribution is 2.20. The molecule has 1 fully saturated rings. The van der Waals surface area contributed by atoms with Gasteiger partial charge in [-0.3, -0.25) is 0 Å². The SMILES string of the molecule is CCOCCCNC(=NCc1nnc(C)n1C)NC1CCN(c2ccc(C)cc2)C1. The minimum Gasteiger partial charge on any atom is -0.382 e. The zero-order chi connectivity index (χ0) is 21.3. The lowest BCUT2D eigenvalue weighted by molar-refractivity contribution is 0.145. The number of aryl methyl sites for hydroxylation is 2. The van der Waals surface area contributed by atoms with Crippen LogP contribution >= 0.6 is 0 Å². The van der Waals surface area contributed by atoms with Crippen molar-refractivity contribution in [3.8, 4) is 0 Å². The number of guanidine groups is 1. The van der Waals surface area contributed by atoms with Gasteiger partial charge in [0.2, 0.25) is 0 Å². The largest absolute Gasteiger partial charge is 0.382 e. The predicted molar refractivity (Wildman–Crippen MR) is 121 cm³/mol. The van der Waals surface area contributed by atoms with Gasteiger partial charge in [0.1, 0.15) is 12.4 Å². The summed E-state index contributed by atoms with van der Waals surface area (Å²) in [6.45, 7) is 10.9. The van der Waals surface area contributed by atoms with Gasteiger partial charge in [0.15, 0.2) is 11.8 Å². The summed E-state index contributed by atoms with van der Waals surface area (Å²) >= 11 is 0. The lowest BCUT2D eigenvalue weighted by atomic mass is 10.2. The summed E-state index contributed by atoms with van der Waals surface area (Å²) < 4.78 is 7.42. The first-order valence-electron chi connectivity index (χ1n) is 10.9. The van der Waals surface area contributed by atoms with Crippen LogP contribution in [0.15, 0.2) is 29.3 Å². The van der Waals surface area contributed by atoms with Gasteiger partial charge in [-0.25, -0.2) is 4.99 Å². The summed E-state index contributed by atoms with van der Waals surface area (Å²) in [5.74, 6) is 2.57. The topological polar surface area (TPSA) is 79.6 Å². The third kappa shape index (κ3) is 6.19. The maximum Gasteiger partial charge on any atom is 0.191 e. The maximum absolute atomic E-state index is 5.44. The molecule has 0 bridgehead atoms. The van der Waals surface area contributed by atoms with Crippen LogP contribution in [0.2, 0.25) is 0 Å². The third-order valence-electron chi connectivity index (χ3n) is 5.45. The number of hydrogen-bond donors (Lipinski definition) is 2. The molecule has 0 radical (unpaired) electrons. The van der Waals surface area contributed by atoms with Crippen molar-refractivity contribution in [2.75, 3.05) is 37.7 Å². The Balaban J connectivity index is 1.59. The zero-order valence-electron chi connectivity index (χ0n) is 18.7. The van der Waals surface area contributed by atoms with E-state index in [9.17, 15) is 0 Å². The second kappa shape index (κ2) is 11.0. The van der Waals surface area contributed by atoms with E-state index in [1.54, 1.807) is 0 Å². The fraction of sp³-hybridized carbons (Fsp3) is 0.591. The molecular formula is C22H35N7O. The molecule has 3 rings (SSSR count). The first kappa shape index (κ1) is 22.1. The quantitative estimate of drug-likeness (QED) is 0.373. The highest BCUT2D eigenvalue weighted by molar-refractivity contribution is 5.80. The minimum atomic E-state index is 0.352. The number of benzene rings is 1. The van der Waals surface area contributed by atoms with Crippen LogP contribution < -0.4 is 15.5 Å². The average Bonchev–Trinajstić information content (AvgIpc) is 3.33. The molecule has 8 heteroatoms. The number of aromatic nitrogens is 3. The van der Waals surface area contributed by atoms with Gasteiger partial charge in [0.05, 0.1) is 0 Å². The van der Waals surface area contributed by atoms with Gasteiger partial charge in [0.25, 0.3) is 0 Å². The van der Waals surface area contributed by atoms with Crippen LogP contribution in [0.4, 0.5) is 5.69 Å². The molecule has 1 atom stereocenters. The molecule has 1 aromatic carbocycles.